The highest BCUT2D eigenvalue weighted by Gasteiger charge is 2.28. The minimum Gasteiger partial charge on any atom is -0.333 e. The van der Waals surface area contributed by atoms with Crippen molar-refractivity contribution in [3.8, 4) is 0 Å². The lowest BCUT2D eigenvalue weighted by molar-refractivity contribution is 0.0659. The molecule has 0 aromatic carbocycles. The van der Waals surface area contributed by atoms with E-state index in [2.05, 4.69) is 21.8 Å². The number of piperazine rings is 1. The summed E-state index contributed by atoms with van der Waals surface area (Å²) in [5, 5.41) is 7.34. The molecule has 6 heteroatoms. The smallest absolute Gasteiger partial charge is 0.267 e. The van der Waals surface area contributed by atoms with E-state index in [1.54, 1.807) is 0 Å². The lowest BCUT2D eigenvalue weighted by Crippen LogP contribution is -2.52. The quantitative estimate of drug-likeness (QED) is 0.858. The Morgan fingerprint density at radius 3 is 3.00 bits per heavy atom. The van der Waals surface area contributed by atoms with Crippen LogP contribution in [0.15, 0.2) is 0 Å². The second-order valence-electron chi connectivity index (χ2n) is 4.69. The van der Waals surface area contributed by atoms with Crippen molar-refractivity contribution >= 4 is 17.4 Å². The van der Waals surface area contributed by atoms with Gasteiger partial charge in [0.2, 0.25) is 0 Å². The van der Waals surface area contributed by atoms with E-state index in [4.69, 9.17) is 0 Å². The minimum absolute atomic E-state index is 0.0812. The van der Waals surface area contributed by atoms with Crippen LogP contribution in [0.5, 0.6) is 0 Å². The number of nitrogens with one attached hydrogen (secondary N) is 1. The van der Waals surface area contributed by atoms with Gasteiger partial charge in [-0.05, 0) is 24.4 Å². The number of rotatable bonds is 2. The summed E-state index contributed by atoms with van der Waals surface area (Å²) < 4.78 is 3.91. The molecule has 1 fully saturated rings. The summed E-state index contributed by atoms with van der Waals surface area (Å²) in [5.74, 6) is 0.323. The molecule has 2 heterocycles. The van der Waals surface area contributed by atoms with Crippen LogP contribution >= 0.6 is 11.5 Å². The molecule has 1 aliphatic rings. The average Bonchev–Trinajstić information content (AvgIpc) is 2.77. The van der Waals surface area contributed by atoms with Crippen molar-refractivity contribution < 1.29 is 4.79 Å². The zero-order valence-corrected chi connectivity index (χ0v) is 11.3. The molecule has 0 unspecified atom stereocenters. The third-order valence-electron chi connectivity index (χ3n) is 3.02. The van der Waals surface area contributed by atoms with Gasteiger partial charge in [0.15, 0.2) is 0 Å². The number of carbonyl (C=O) groups excluding carboxylic acids is 1. The number of nitrogens with zero attached hydrogens (tertiary/aromatic N) is 3. The van der Waals surface area contributed by atoms with Gasteiger partial charge in [-0.2, -0.15) is 0 Å². The van der Waals surface area contributed by atoms with Crippen molar-refractivity contribution in [1.82, 2.24) is 19.8 Å². The first-order valence-electron chi connectivity index (χ1n) is 5.95. The van der Waals surface area contributed by atoms with Gasteiger partial charge in [0, 0.05) is 25.7 Å². The molecule has 2 rings (SSSR count). The van der Waals surface area contributed by atoms with E-state index < -0.39 is 0 Å². The third kappa shape index (κ3) is 2.47. The Labute approximate surface area is 105 Å². The van der Waals surface area contributed by atoms with Gasteiger partial charge in [0.05, 0.1) is 5.69 Å². The average molecular weight is 254 g/mol. The first-order chi connectivity index (χ1) is 8.11. The van der Waals surface area contributed by atoms with Crippen molar-refractivity contribution in [1.29, 1.82) is 0 Å². The van der Waals surface area contributed by atoms with E-state index in [0.717, 1.165) is 25.3 Å². The monoisotopic (exact) mass is 254 g/mol. The second-order valence-corrected chi connectivity index (χ2v) is 5.45. The predicted octanol–water partition coefficient (Wildman–Crippen LogP) is 1.10. The van der Waals surface area contributed by atoms with E-state index in [1.807, 2.05) is 18.7 Å². The molecular weight excluding hydrogens is 236 g/mol. The van der Waals surface area contributed by atoms with Crippen molar-refractivity contribution in [3.05, 3.63) is 10.6 Å². The molecular formula is C11H18N4OS. The number of aromatic nitrogens is 2. The highest BCUT2D eigenvalue weighted by Crippen LogP contribution is 2.22. The topological polar surface area (TPSA) is 58.1 Å². The molecule has 1 amide bonds. The maximum atomic E-state index is 12.4. The normalized spacial score (nSPS) is 20.9. The molecule has 94 valence electrons. The van der Waals surface area contributed by atoms with Crippen LogP contribution < -0.4 is 5.32 Å². The third-order valence-corrected chi connectivity index (χ3v) is 3.75. The summed E-state index contributed by atoms with van der Waals surface area (Å²) in [4.78, 5) is 15.0. The lowest BCUT2D eigenvalue weighted by Gasteiger charge is -2.33. The fourth-order valence-corrected chi connectivity index (χ4v) is 2.77. The van der Waals surface area contributed by atoms with Crippen molar-refractivity contribution in [2.24, 2.45) is 0 Å². The van der Waals surface area contributed by atoms with Crippen LogP contribution in [0.3, 0.4) is 0 Å². The molecule has 0 saturated carbocycles. The Hall–Kier alpha value is -1.01. The highest BCUT2D eigenvalue weighted by atomic mass is 32.1. The Kier molecular flexibility index (Phi) is 3.73. The van der Waals surface area contributed by atoms with Crippen LogP contribution in [0.25, 0.3) is 0 Å². The van der Waals surface area contributed by atoms with Crippen molar-refractivity contribution in [2.45, 2.75) is 32.7 Å². The fourth-order valence-electron chi connectivity index (χ4n) is 2.00. The number of hydrogen-bond acceptors (Lipinski definition) is 5. The molecule has 0 aliphatic carbocycles. The standard InChI is InChI=1S/C11H18N4OS/c1-7(2)9-10(17-14-13-9)11(16)15-5-4-12-6-8(15)3/h7-8,12H,4-6H2,1-3H3/t8-/m0/s1. The van der Waals surface area contributed by atoms with Gasteiger partial charge >= 0.3 is 0 Å². The molecule has 0 radical (unpaired) electrons. The van der Waals surface area contributed by atoms with Crippen LogP contribution in [-0.4, -0.2) is 46.1 Å². The lowest BCUT2D eigenvalue weighted by atomic mass is 10.1. The van der Waals surface area contributed by atoms with Crippen LogP contribution in [0, 0.1) is 0 Å². The summed E-state index contributed by atoms with van der Waals surface area (Å²) in [6, 6.07) is 0.235. The molecule has 0 bridgehead atoms. The zero-order chi connectivity index (χ0) is 12.4. The molecule has 1 saturated heterocycles. The summed E-state index contributed by atoms with van der Waals surface area (Å²) in [5.41, 5.74) is 0.825. The number of amides is 1. The van der Waals surface area contributed by atoms with E-state index in [0.29, 0.717) is 4.88 Å². The van der Waals surface area contributed by atoms with E-state index in [-0.39, 0.29) is 17.9 Å². The molecule has 0 spiro atoms. The summed E-state index contributed by atoms with van der Waals surface area (Å²) in [6.07, 6.45) is 0. The second kappa shape index (κ2) is 5.10. The van der Waals surface area contributed by atoms with Crippen LogP contribution in [0.1, 0.15) is 42.1 Å². The minimum atomic E-state index is 0.0812. The van der Waals surface area contributed by atoms with Crippen LogP contribution in [-0.2, 0) is 0 Å². The molecule has 5 nitrogen and oxygen atoms in total. The van der Waals surface area contributed by atoms with E-state index in [1.165, 1.54) is 11.5 Å². The molecule has 1 aromatic heterocycles. The van der Waals surface area contributed by atoms with Gasteiger partial charge in [-0.25, -0.2) is 0 Å². The van der Waals surface area contributed by atoms with Gasteiger partial charge in [-0.3, -0.25) is 4.79 Å². The molecule has 1 aromatic rings. The molecule has 1 atom stereocenters. The van der Waals surface area contributed by atoms with Crippen molar-refractivity contribution in [3.63, 3.8) is 0 Å². The maximum Gasteiger partial charge on any atom is 0.267 e. The Morgan fingerprint density at radius 2 is 2.35 bits per heavy atom. The number of carbonyl (C=O) groups is 1. The van der Waals surface area contributed by atoms with E-state index in [9.17, 15) is 4.79 Å². The predicted molar refractivity (Wildman–Crippen MR) is 67.4 cm³/mol. The molecule has 1 aliphatic heterocycles. The van der Waals surface area contributed by atoms with Gasteiger partial charge in [0.25, 0.3) is 5.91 Å². The first-order valence-corrected chi connectivity index (χ1v) is 6.72. The highest BCUT2D eigenvalue weighted by molar-refractivity contribution is 7.08. The van der Waals surface area contributed by atoms with Gasteiger partial charge in [-0.15, -0.1) is 5.10 Å². The summed E-state index contributed by atoms with van der Waals surface area (Å²) in [6.45, 7) is 8.61. The Balaban J connectivity index is 2.21. The fraction of sp³-hybridized carbons (Fsp3) is 0.727. The summed E-state index contributed by atoms with van der Waals surface area (Å²) in [7, 11) is 0. The van der Waals surface area contributed by atoms with Gasteiger partial charge in [0.1, 0.15) is 4.88 Å². The zero-order valence-electron chi connectivity index (χ0n) is 10.4. The maximum absolute atomic E-state index is 12.4. The van der Waals surface area contributed by atoms with E-state index >= 15 is 0 Å². The van der Waals surface area contributed by atoms with Crippen molar-refractivity contribution in [2.75, 3.05) is 19.6 Å². The number of hydrogen-bond donors (Lipinski definition) is 1. The SMILES string of the molecule is CC(C)c1nnsc1C(=O)N1CCNC[C@@H]1C. The van der Waals surface area contributed by atoms with Crippen LogP contribution in [0.4, 0.5) is 0 Å². The molecule has 1 N–H and O–H groups in total. The van der Waals surface area contributed by atoms with Gasteiger partial charge in [-0.1, -0.05) is 18.3 Å². The first kappa shape index (κ1) is 12.4. The molecule has 17 heavy (non-hydrogen) atoms. The van der Waals surface area contributed by atoms with Crippen LogP contribution in [0.2, 0.25) is 0 Å². The Bertz CT molecular complexity index is 404. The van der Waals surface area contributed by atoms with Gasteiger partial charge < -0.3 is 10.2 Å². The summed E-state index contributed by atoms with van der Waals surface area (Å²) >= 11 is 1.21. The Morgan fingerprint density at radius 1 is 1.59 bits per heavy atom. The largest absolute Gasteiger partial charge is 0.333 e.